The van der Waals surface area contributed by atoms with Crippen molar-refractivity contribution in [3.63, 3.8) is 0 Å². The zero-order valence-electron chi connectivity index (χ0n) is 11.9. The Hall–Kier alpha value is -2.11. The number of amides is 1. The van der Waals surface area contributed by atoms with E-state index in [4.69, 9.17) is 17.4 Å². The van der Waals surface area contributed by atoms with Crippen LogP contribution in [0.15, 0.2) is 36.4 Å². The van der Waals surface area contributed by atoms with Gasteiger partial charge in [-0.2, -0.15) is 0 Å². The Morgan fingerprint density at radius 3 is 2.57 bits per heavy atom. The molecule has 0 atom stereocenters. The van der Waals surface area contributed by atoms with Gasteiger partial charge in [-0.15, -0.1) is 0 Å². The van der Waals surface area contributed by atoms with Gasteiger partial charge in [0.05, 0.1) is 0 Å². The fraction of sp³-hybridized carbons (Fsp3) is 0.200. The summed E-state index contributed by atoms with van der Waals surface area (Å²) in [5.41, 5.74) is 4.85. The first kappa shape index (κ1) is 15.3. The molecule has 1 amide bonds. The molecule has 5 nitrogen and oxygen atoms in total. The van der Waals surface area contributed by atoms with Crippen LogP contribution >= 0.6 is 11.6 Å². The number of aryl methyl sites for hydroxylation is 1. The van der Waals surface area contributed by atoms with Gasteiger partial charge < -0.3 is 10.3 Å². The lowest BCUT2D eigenvalue weighted by Crippen LogP contribution is -2.26. The van der Waals surface area contributed by atoms with E-state index in [0.717, 1.165) is 12.1 Å². The number of carbonyl (C=O) groups is 1. The largest absolute Gasteiger partial charge is 0.311 e. The number of hydrogen-bond acceptors (Lipinski definition) is 4. The monoisotopic (exact) mass is 304 g/mol. The molecule has 2 rings (SSSR count). The Morgan fingerprint density at radius 2 is 2.00 bits per heavy atom. The van der Waals surface area contributed by atoms with Gasteiger partial charge in [-0.1, -0.05) is 30.7 Å². The van der Waals surface area contributed by atoms with Crippen LogP contribution in [0.4, 0.5) is 11.5 Å². The number of nitrogens with one attached hydrogen (secondary N) is 1. The van der Waals surface area contributed by atoms with Crippen LogP contribution in [-0.2, 0) is 6.42 Å². The minimum Gasteiger partial charge on any atom is -0.311 e. The van der Waals surface area contributed by atoms with Crippen molar-refractivity contribution in [2.24, 2.45) is 5.84 Å². The van der Waals surface area contributed by atoms with Crippen molar-refractivity contribution in [2.75, 3.05) is 17.4 Å². The Bertz CT molecular complexity index is 643. The number of nitrogens with two attached hydrogens (primary N) is 1. The van der Waals surface area contributed by atoms with E-state index in [1.165, 1.54) is 11.6 Å². The number of hydrogen-bond donors (Lipinski definition) is 2. The first-order valence-electron chi connectivity index (χ1n) is 6.56. The van der Waals surface area contributed by atoms with Gasteiger partial charge in [-0.25, -0.2) is 10.8 Å². The number of nitrogen functional groups attached to an aromatic ring is 1. The van der Waals surface area contributed by atoms with E-state index in [2.05, 4.69) is 17.3 Å². The molecule has 1 aromatic heterocycles. The van der Waals surface area contributed by atoms with Gasteiger partial charge in [-0.3, -0.25) is 4.79 Å². The maximum absolute atomic E-state index is 12.5. The highest BCUT2D eigenvalue weighted by Gasteiger charge is 2.15. The topological polar surface area (TPSA) is 71.2 Å². The van der Waals surface area contributed by atoms with Gasteiger partial charge in [0, 0.05) is 18.3 Å². The molecule has 0 bridgehead atoms. The molecule has 1 heterocycles. The minimum atomic E-state index is -0.181. The molecule has 0 saturated carbocycles. The molecule has 110 valence electrons. The Balaban J connectivity index is 2.27. The highest BCUT2D eigenvalue weighted by Crippen LogP contribution is 2.20. The standard InChI is InChI=1S/C15H17ClN4O/c1-3-10-4-6-12(7-5-10)20(2)15(21)11-8-13(16)18-14(9-11)19-17/h4-9H,3,17H2,1-2H3,(H,18,19). The number of rotatable bonds is 4. The maximum Gasteiger partial charge on any atom is 0.258 e. The molecule has 0 radical (unpaired) electrons. The highest BCUT2D eigenvalue weighted by molar-refractivity contribution is 6.30. The molecule has 0 spiro atoms. The van der Waals surface area contributed by atoms with Gasteiger partial charge in [-0.05, 0) is 36.2 Å². The van der Waals surface area contributed by atoms with Crippen molar-refractivity contribution in [2.45, 2.75) is 13.3 Å². The molecule has 0 saturated heterocycles. The smallest absolute Gasteiger partial charge is 0.258 e. The molecule has 0 unspecified atom stereocenters. The Labute approximate surface area is 128 Å². The summed E-state index contributed by atoms with van der Waals surface area (Å²) < 4.78 is 0. The summed E-state index contributed by atoms with van der Waals surface area (Å²) in [5.74, 6) is 5.48. The lowest BCUT2D eigenvalue weighted by Gasteiger charge is -2.18. The molecule has 0 aliphatic carbocycles. The average molecular weight is 305 g/mol. The van der Waals surface area contributed by atoms with Gasteiger partial charge in [0.2, 0.25) is 0 Å². The fourth-order valence-electron chi connectivity index (χ4n) is 1.96. The summed E-state index contributed by atoms with van der Waals surface area (Å²) in [6.45, 7) is 2.09. The van der Waals surface area contributed by atoms with Crippen LogP contribution in [0, 0.1) is 0 Å². The number of benzene rings is 1. The predicted molar refractivity (Wildman–Crippen MR) is 85.6 cm³/mol. The summed E-state index contributed by atoms with van der Waals surface area (Å²) in [7, 11) is 1.72. The summed E-state index contributed by atoms with van der Waals surface area (Å²) >= 11 is 5.89. The van der Waals surface area contributed by atoms with Crippen molar-refractivity contribution in [1.29, 1.82) is 0 Å². The summed E-state index contributed by atoms with van der Waals surface area (Å²) in [6, 6.07) is 10.9. The number of anilines is 2. The minimum absolute atomic E-state index is 0.181. The second kappa shape index (κ2) is 6.56. The lowest BCUT2D eigenvalue weighted by molar-refractivity contribution is 0.0993. The molecule has 3 N–H and O–H groups in total. The molecule has 2 aromatic rings. The van der Waals surface area contributed by atoms with E-state index in [0.29, 0.717) is 11.4 Å². The second-order valence-electron chi connectivity index (χ2n) is 4.59. The quantitative estimate of drug-likeness (QED) is 0.517. The molecule has 0 aliphatic rings. The zero-order valence-corrected chi connectivity index (χ0v) is 12.7. The number of carbonyl (C=O) groups excluding carboxylic acids is 1. The molecule has 21 heavy (non-hydrogen) atoms. The van der Waals surface area contributed by atoms with E-state index in [1.54, 1.807) is 18.0 Å². The van der Waals surface area contributed by atoms with Crippen molar-refractivity contribution < 1.29 is 4.79 Å². The molecule has 1 aromatic carbocycles. The molecule has 6 heteroatoms. The van der Waals surface area contributed by atoms with Crippen molar-refractivity contribution >= 4 is 29.0 Å². The number of pyridine rings is 1. The highest BCUT2D eigenvalue weighted by atomic mass is 35.5. The van der Waals surface area contributed by atoms with Crippen molar-refractivity contribution in [3.8, 4) is 0 Å². The van der Waals surface area contributed by atoms with Crippen LogP contribution in [0.2, 0.25) is 5.15 Å². The van der Waals surface area contributed by atoms with E-state index in [1.807, 2.05) is 24.3 Å². The first-order valence-corrected chi connectivity index (χ1v) is 6.94. The van der Waals surface area contributed by atoms with Crippen LogP contribution in [0.3, 0.4) is 0 Å². The van der Waals surface area contributed by atoms with Gasteiger partial charge in [0.25, 0.3) is 5.91 Å². The van der Waals surface area contributed by atoms with Gasteiger partial charge >= 0.3 is 0 Å². The third-order valence-corrected chi connectivity index (χ3v) is 3.42. The zero-order chi connectivity index (χ0) is 15.4. The van der Waals surface area contributed by atoms with Gasteiger partial charge in [0.15, 0.2) is 0 Å². The van der Waals surface area contributed by atoms with E-state index in [-0.39, 0.29) is 11.1 Å². The summed E-state index contributed by atoms with van der Waals surface area (Å²) in [5, 5.41) is 0.212. The van der Waals surface area contributed by atoms with Crippen LogP contribution in [0.1, 0.15) is 22.8 Å². The van der Waals surface area contributed by atoms with Crippen LogP contribution in [0.25, 0.3) is 0 Å². The lowest BCUT2D eigenvalue weighted by atomic mass is 10.1. The molecular formula is C15H17ClN4O. The first-order chi connectivity index (χ1) is 10.0. The Kier molecular flexibility index (Phi) is 4.77. The van der Waals surface area contributed by atoms with Crippen LogP contribution in [-0.4, -0.2) is 17.9 Å². The third-order valence-electron chi connectivity index (χ3n) is 3.23. The maximum atomic E-state index is 12.5. The SMILES string of the molecule is CCc1ccc(N(C)C(=O)c2cc(Cl)nc(NN)c2)cc1. The van der Waals surface area contributed by atoms with Crippen molar-refractivity contribution in [1.82, 2.24) is 4.98 Å². The van der Waals surface area contributed by atoms with Crippen molar-refractivity contribution in [3.05, 3.63) is 52.7 Å². The number of aromatic nitrogens is 1. The molecular weight excluding hydrogens is 288 g/mol. The van der Waals surface area contributed by atoms with E-state index < -0.39 is 0 Å². The number of nitrogens with zero attached hydrogens (tertiary/aromatic N) is 2. The second-order valence-corrected chi connectivity index (χ2v) is 4.98. The number of hydrazine groups is 1. The van der Waals surface area contributed by atoms with Crippen LogP contribution in [0.5, 0.6) is 0 Å². The summed E-state index contributed by atoms with van der Waals surface area (Å²) in [6.07, 6.45) is 0.962. The van der Waals surface area contributed by atoms with E-state index >= 15 is 0 Å². The van der Waals surface area contributed by atoms with E-state index in [9.17, 15) is 4.79 Å². The molecule has 0 aliphatic heterocycles. The third kappa shape index (κ3) is 3.51. The average Bonchev–Trinajstić information content (AvgIpc) is 2.52. The van der Waals surface area contributed by atoms with Crippen LogP contribution < -0.4 is 16.2 Å². The van der Waals surface area contributed by atoms with Gasteiger partial charge in [0.1, 0.15) is 11.0 Å². The summed E-state index contributed by atoms with van der Waals surface area (Å²) in [4.78, 5) is 18.0. The normalized spacial score (nSPS) is 10.3. The predicted octanol–water partition coefficient (Wildman–Crippen LogP) is 2.86. The molecule has 0 fully saturated rings. The fourth-order valence-corrected chi connectivity index (χ4v) is 2.17. The number of halogens is 1. The Morgan fingerprint density at radius 1 is 1.33 bits per heavy atom.